The SMILES string of the molecule is FC(F)(F)SCCNCc1cccc2c1NCC2. The number of thioether (sulfide) groups is 1. The van der Waals surface area contributed by atoms with E-state index in [1.54, 1.807) is 0 Å². The van der Waals surface area contributed by atoms with Crippen molar-refractivity contribution in [3.8, 4) is 0 Å². The summed E-state index contributed by atoms with van der Waals surface area (Å²) >= 11 is 0.0160. The number of nitrogens with one attached hydrogen (secondary N) is 2. The van der Waals surface area contributed by atoms with Crippen molar-refractivity contribution in [2.45, 2.75) is 18.5 Å². The number of rotatable bonds is 5. The highest BCUT2D eigenvalue weighted by atomic mass is 32.2. The van der Waals surface area contributed by atoms with Crippen LogP contribution in [0, 0.1) is 0 Å². The van der Waals surface area contributed by atoms with Crippen LogP contribution in [0.15, 0.2) is 18.2 Å². The quantitative estimate of drug-likeness (QED) is 0.808. The molecule has 0 aliphatic carbocycles. The topological polar surface area (TPSA) is 24.1 Å². The van der Waals surface area contributed by atoms with Crippen LogP contribution < -0.4 is 10.6 Å². The van der Waals surface area contributed by atoms with Crippen LogP contribution in [-0.4, -0.2) is 24.4 Å². The molecule has 0 aromatic heterocycles. The van der Waals surface area contributed by atoms with Crippen molar-refractivity contribution < 1.29 is 13.2 Å². The van der Waals surface area contributed by atoms with Gasteiger partial charge in [0.1, 0.15) is 0 Å². The van der Waals surface area contributed by atoms with Gasteiger partial charge in [-0.25, -0.2) is 0 Å². The zero-order chi connectivity index (χ0) is 13.0. The molecule has 0 spiro atoms. The second-order valence-corrected chi connectivity index (χ2v) is 5.26. The molecule has 1 heterocycles. The zero-order valence-electron chi connectivity index (χ0n) is 9.81. The standard InChI is InChI=1S/C12H15F3N2S/c13-12(14,15)18-7-6-16-8-10-3-1-2-9-4-5-17-11(9)10/h1-3,16-17H,4-8H2. The summed E-state index contributed by atoms with van der Waals surface area (Å²) in [5, 5.41) is 6.35. The van der Waals surface area contributed by atoms with Gasteiger partial charge in [0.15, 0.2) is 0 Å². The second-order valence-electron chi connectivity index (χ2n) is 4.10. The van der Waals surface area contributed by atoms with Crippen LogP contribution in [0.3, 0.4) is 0 Å². The van der Waals surface area contributed by atoms with E-state index in [2.05, 4.69) is 16.7 Å². The van der Waals surface area contributed by atoms with E-state index in [0.717, 1.165) is 24.2 Å². The van der Waals surface area contributed by atoms with Crippen molar-refractivity contribution in [1.29, 1.82) is 0 Å². The number of halogens is 3. The van der Waals surface area contributed by atoms with Gasteiger partial charge in [0.05, 0.1) is 0 Å². The first kappa shape index (κ1) is 13.5. The monoisotopic (exact) mass is 276 g/mol. The number of hydrogen-bond donors (Lipinski definition) is 2. The fourth-order valence-corrected chi connectivity index (χ4v) is 2.50. The molecule has 2 rings (SSSR count). The van der Waals surface area contributed by atoms with Crippen LogP contribution in [0.1, 0.15) is 11.1 Å². The number of anilines is 1. The van der Waals surface area contributed by atoms with Gasteiger partial charge in [-0.05, 0) is 29.3 Å². The Hall–Kier alpha value is -0.880. The molecule has 1 aliphatic rings. The third-order valence-electron chi connectivity index (χ3n) is 2.79. The van der Waals surface area contributed by atoms with Crippen LogP contribution in [0.5, 0.6) is 0 Å². The third kappa shape index (κ3) is 3.81. The molecule has 2 N–H and O–H groups in total. The summed E-state index contributed by atoms with van der Waals surface area (Å²) in [6.45, 7) is 1.90. The average molecular weight is 276 g/mol. The van der Waals surface area contributed by atoms with Gasteiger partial charge in [-0.1, -0.05) is 18.2 Å². The maximum atomic E-state index is 11.9. The predicted octanol–water partition coefficient (Wildman–Crippen LogP) is 3.00. The van der Waals surface area contributed by atoms with Gasteiger partial charge in [0, 0.05) is 31.1 Å². The predicted molar refractivity (Wildman–Crippen MR) is 68.9 cm³/mol. The molecule has 0 fully saturated rings. The molecule has 6 heteroatoms. The molecule has 0 bridgehead atoms. The van der Waals surface area contributed by atoms with Crippen LogP contribution in [0.2, 0.25) is 0 Å². The highest BCUT2D eigenvalue weighted by Crippen LogP contribution is 2.29. The zero-order valence-corrected chi connectivity index (χ0v) is 10.6. The third-order valence-corrected chi connectivity index (χ3v) is 3.53. The maximum absolute atomic E-state index is 11.9. The molecule has 0 unspecified atom stereocenters. The molecule has 0 saturated carbocycles. The Bertz CT molecular complexity index is 407. The van der Waals surface area contributed by atoms with E-state index in [1.807, 2.05) is 12.1 Å². The summed E-state index contributed by atoms with van der Waals surface area (Å²) in [6, 6.07) is 6.08. The van der Waals surface area contributed by atoms with Crippen molar-refractivity contribution in [3.05, 3.63) is 29.3 Å². The summed E-state index contributed by atoms with van der Waals surface area (Å²) in [4.78, 5) is 0. The second kappa shape index (κ2) is 5.84. The lowest BCUT2D eigenvalue weighted by molar-refractivity contribution is -0.0327. The molecule has 0 atom stereocenters. The van der Waals surface area contributed by atoms with E-state index in [0.29, 0.717) is 13.1 Å². The minimum atomic E-state index is -4.13. The van der Waals surface area contributed by atoms with E-state index < -0.39 is 5.51 Å². The Morgan fingerprint density at radius 3 is 2.94 bits per heavy atom. The van der Waals surface area contributed by atoms with E-state index in [9.17, 15) is 13.2 Å². The van der Waals surface area contributed by atoms with Gasteiger partial charge in [-0.3, -0.25) is 0 Å². The highest BCUT2D eigenvalue weighted by Gasteiger charge is 2.27. The van der Waals surface area contributed by atoms with Crippen molar-refractivity contribution in [2.75, 3.05) is 24.2 Å². The Morgan fingerprint density at radius 2 is 2.17 bits per heavy atom. The van der Waals surface area contributed by atoms with Gasteiger partial charge < -0.3 is 10.6 Å². The molecule has 0 amide bonds. The molecular formula is C12H15F3N2S. The Morgan fingerprint density at radius 1 is 1.33 bits per heavy atom. The molecule has 2 nitrogen and oxygen atoms in total. The van der Waals surface area contributed by atoms with Crippen LogP contribution in [0.4, 0.5) is 18.9 Å². The normalized spacial score (nSPS) is 14.4. The molecule has 0 radical (unpaired) electrons. The number of benzene rings is 1. The lowest BCUT2D eigenvalue weighted by Gasteiger charge is -2.10. The summed E-state index contributed by atoms with van der Waals surface area (Å²) in [6.07, 6.45) is 1.02. The summed E-state index contributed by atoms with van der Waals surface area (Å²) in [5.41, 5.74) is -0.563. The van der Waals surface area contributed by atoms with Crippen LogP contribution in [-0.2, 0) is 13.0 Å². The lowest BCUT2D eigenvalue weighted by Crippen LogP contribution is -2.19. The van der Waals surface area contributed by atoms with Gasteiger partial charge in [0.25, 0.3) is 0 Å². The molecular weight excluding hydrogens is 261 g/mol. The summed E-state index contributed by atoms with van der Waals surface area (Å²) in [7, 11) is 0. The minimum Gasteiger partial charge on any atom is -0.384 e. The number of para-hydroxylation sites is 1. The number of hydrogen-bond acceptors (Lipinski definition) is 3. The molecule has 18 heavy (non-hydrogen) atoms. The largest absolute Gasteiger partial charge is 0.441 e. The van der Waals surface area contributed by atoms with Gasteiger partial charge >= 0.3 is 5.51 Å². The fourth-order valence-electron chi connectivity index (χ4n) is 2.02. The lowest BCUT2D eigenvalue weighted by atomic mass is 10.1. The average Bonchev–Trinajstić information content (AvgIpc) is 2.75. The minimum absolute atomic E-state index is 0.0160. The van der Waals surface area contributed by atoms with Crippen molar-refractivity contribution in [1.82, 2.24) is 5.32 Å². The first-order valence-electron chi connectivity index (χ1n) is 5.82. The molecule has 1 aliphatic heterocycles. The Balaban J connectivity index is 1.76. The molecule has 100 valence electrons. The first-order valence-corrected chi connectivity index (χ1v) is 6.81. The molecule has 1 aromatic rings. The number of alkyl halides is 3. The summed E-state index contributed by atoms with van der Waals surface area (Å²) < 4.78 is 35.7. The van der Waals surface area contributed by atoms with E-state index >= 15 is 0 Å². The van der Waals surface area contributed by atoms with E-state index in [-0.39, 0.29) is 17.5 Å². The summed E-state index contributed by atoms with van der Waals surface area (Å²) in [5.74, 6) is 0.0476. The molecule has 1 aromatic carbocycles. The van der Waals surface area contributed by atoms with Crippen molar-refractivity contribution >= 4 is 17.4 Å². The molecule has 0 saturated heterocycles. The van der Waals surface area contributed by atoms with Crippen molar-refractivity contribution in [2.24, 2.45) is 0 Å². The van der Waals surface area contributed by atoms with Crippen LogP contribution >= 0.6 is 11.8 Å². The first-order chi connectivity index (χ1) is 8.56. The van der Waals surface area contributed by atoms with Gasteiger partial charge in [-0.15, -0.1) is 0 Å². The van der Waals surface area contributed by atoms with Gasteiger partial charge in [0.2, 0.25) is 0 Å². The maximum Gasteiger partial charge on any atom is 0.441 e. The van der Waals surface area contributed by atoms with E-state index in [1.165, 1.54) is 5.56 Å². The Kier molecular flexibility index (Phi) is 4.40. The highest BCUT2D eigenvalue weighted by molar-refractivity contribution is 8.00. The number of fused-ring (bicyclic) bond motifs is 1. The smallest absolute Gasteiger partial charge is 0.384 e. The van der Waals surface area contributed by atoms with Gasteiger partial charge in [-0.2, -0.15) is 13.2 Å². The Labute approximate surface area is 108 Å². The van der Waals surface area contributed by atoms with Crippen LogP contribution in [0.25, 0.3) is 0 Å². The van der Waals surface area contributed by atoms with Crippen molar-refractivity contribution in [3.63, 3.8) is 0 Å². The van der Waals surface area contributed by atoms with E-state index in [4.69, 9.17) is 0 Å². The fraction of sp³-hybridized carbons (Fsp3) is 0.500.